The van der Waals surface area contributed by atoms with E-state index in [4.69, 9.17) is 0 Å². The van der Waals surface area contributed by atoms with Gasteiger partial charge in [-0.05, 0) is 56.7 Å². The van der Waals surface area contributed by atoms with Crippen LogP contribution in [-0.2, 0) is 6.54 Å². The number of hydrogen-bond donors (Lipinski definition) is 2. The number of anilines is 2. The molecule has 10 heteroatoms. The molecule has 0 unspecified atom stereocenters. The lowest BCUT2D eigenvalue weighted by molar-refractivity contribution is -0.274. The first-order valence-corrected chi connectivity index (χ1v) is 10.7. The van der Waals surface area contributed by atoms with Crippen LogP contribution in [-0.4, -0.2) is 39.8 Å². The van der Waals surface area contributed by atoms with Gasteiger partial charge in [-0.1, -0.05) is 18.2 Å². The quantitative estimate of drug-likeness (QED) is 0.425. The Morgan fingerprint density at radius 2 is 1.82 bits per heavy atom. The molecule has 0 fully saturated rings. The molecule has 2 N–H and O–H groups in total. The topological polar surface area (TPSA) is 79.4 Å². The number of carbonyl (C=O) groups excluding carboxylic acids is 1. The van der Waals surface area contributed by atoms with Crippen LogP contribution >= 0.6 is 0 Å². The van der Waals surface area contributed by atoms with Crippen molar-refractivity contribution in [3.05, 3.63) is 66.5 Å². The number of urea groups is 1. The highest BCUT2D eigenvalue weighted by atomic mass is 19.4. The molecule has 0 bridgehead atoms. The summed E-state index contributed by atoms with van der Waals surface area (Å²) in [6.45, 7) is 6.83. The van der Waals surface area contributed by atoms with Crippen LogP contribution in [0.25, 0.3) is 11.3 Å². The molecular weight excluding hydrogens is 447 g/mol. The van der Waals surface area contributed by atoms with Crippen LogP contribution < -0.4 is 15.4 Å². The van der Waals surface area contributed by atoms with Gasteiger partial charge in [0.15, 0.2) is 0 Å². The summed E-state index contributed by atoms with van der Waals surface area (Å²) in [6, 6.07) is 14.1. The van der Waals surface area contributed by atoms with E-state index in [9.17, 15) is 18.0 Å². The molecule has 2 amide bonds. The fourth-order valence-corrected chi connectivity index (χ4v) is 3.24. The van der Waals surface area contributed by atoms with Crippen LogP contribution in [0.4, 0.5) is 29.5 Å². The molecule has 0 saturated carbocycles. The van der Waals surface area contributed by atoms with Crippen molar-refractivity contribution in [3.63, 3.8) is 0 Å². The molecule has 0 aliphatic rings. The van der Waals surface area contributed by atoms with Crippen molar-refractivity contribution in [2.45, 2.75) is 39.7 Å². The standard InChI is InChI=1S/C24H26F3N5O2/c1-4-28-22-13-21(29-15-30-22)18-7-5-6-17(12-18)14-32(16(2)3)23(33)31-19-8-10-20(11-9-19)34-24(25,26)27/h5-13,15-16H,4,14H2,1-3H3,(H,31,33)(H,28,29,30). The number of ether oxygens (including phenoxy) is 1. The second kappa shape index (κ2) is 10.9. The van der Waals surface area contributed by atoms with Gasteiger partial charge in [-0.15, -0.1) is 13.2 Å². The summed E-state index contributed by atoms with van der Waals surface area (Å²) in [5.41, 5.74) is 2.91. The summed E-state index contributed by atoms with van der Waals surface area (Å²) in [5, 5.41) is 5.88. The maximum atomic E-state index is 12.9. The van der Waals surface area contributed by atoms with Gasteiger partial charge in [0, 0.05) is 36.4 Å². The Balaban J connectivity index is 1.72. The van der Waals surface area contributed by atoms with Crippen molar-refractivity contribution >= 4 is 17.5 Å². The third-order valence-corrected chi connectivity index (χ3v) is 4.82. The number of halogens is 3. The fraction of sp³-hybridized carbons (Fsp3) is 0.292. The molecule has 0 atom stereocenters. The van der Waals surface area contributed by atoms with Crippen LogP contribution in [0.3, 0.4) is 0 Å². The van der Waals surface area contributed by atoms with Crippen LogP contribution in [0.2, 0.25) is 0 Å². The number of hydrogen-bond acceptors (Lipinski definition) is 5. The number of rotatable bonds is 8. The third kappa shape index (κ3) is 7.09. The Morgan fingerprint density at radius 1 is 1.09 bits per heavy atom. The van der Waals surface area contributed by atoms with E-state index >= 15 is 0 Å². The second-order valence-corrected chi connectivity index (χ2v) is 7.74. The Kier molecular flexibility index (Phi) is 7.93. The number of nitrogens with zero attached hydrogens (tertiary/aromatic N) is 3. The van der Waals surface area contributed by atoms with E-state index in [1.807, 2.05) is 51.1 Å². The number of benzene rings is 2. The summed E-state index contributed by atoms with van der Waals surface area (Å²) in [4.78, 5) is 23.1. The molecule has 0 aliphatic carbocycles. The largest absolute Gasteiger partial charge is 0.573 e. The molecule has 0 radical (unpaired) electrons. The van der Waals surface area contributed by atoms with Crippen molar-refractivity contribution in [1.29, 1.82) is 0 Å². The predicted molar refractivity (Wildman–Crippen MR) is 124 cm³/mol. The van der Waals surface area contributed by atoms with Crippen molar-refractivity contribution in [2.24, 2.45) is 0 Å². The molecule has 0 spiro atoms. The highest BCUT2D eigenvalue weighted by molar-refractivity contribution is 5.89. The molecule has 0 aliphatic heterocycles. The lowest BCUT2D eigenvalue weighted by Crippen LogP contribution is -2.39. The Hall–Kier alpha value is -3.82. The van der Waals surface area contributed by atoms with Crippen molar-refractivity contribution < 1.29 is 22.7 Å². The molecular formula is C24H26F3N5O2. The Labute approximate surface area is 196 Å². The smallest absolute Gasteiger partial charge is 0.406 e. The summed E-state index contributed by atoms with van der Waals surface area (Å²) < 4.78 is 40.9. The molecule has 7 nitrogen and oxygen atoms in total. The monoisotopic (exact) mass is 473 g/mol. The summed E-state index contributed by atoms with van der Waals surface area (Å²) in [5.74, 6) is 0.373. The number of nitrogens with one attached hydrogen (secondary N) is 2. The minimum Gasteiger partial charge on any atom is -0.406 e. The summed E-state index contributed by atoms with van der Waals surface area (Å²) in [7, 11) is 0. The second-order valence-electron chi connectivity index (χ2n) is 7.74. The van der Waals surface area contributed by atoms with Crippen LogP contribution in [0.5, 0.6) is 5.75 Å². The van der Waals surface area contributed by atoms with E-state index in [1.54, 1.807) is 4.90 Å². The minimum atomic E-state index is -4.77. The van der Waals surface area contributed by atoms with Gasteiger partial charge in [-0.3, -0.25) is 0 Å². The molecule has 3 aromatic rings. The number of amides is 2. The zero-order chi connectivity index (χ0) is 24.7. The molecule has 2 aromatic carbocycles. The number of aromatic nitrogens is 2. The SMILES string of the molecule is CCNc1cc(-c2cccc(CN(C(=O)Nc3ccc(OC(F)(F)F)cc3)C(C)C)c2)ncn1. The molecule has 1 aromatic heterocycles. The number of alkyl halides is 3. The fourth-order valence-electron chi connectivity index (χ4n) is 3.24. The van der Waals surface area contributed by atoms with Crippen LogP contribution in [0, 0.1) is 0 Å². The molecule has 1 heterocycles. The lowest BCUT2D eigenvalue weighted by Gasteiger charge is -2.27. The van der Waals surface area contributed by atoms with Gasteiger partial charge >= 0.3 is 12.4 Å². The predicted octanol–water partition coefficient (Wildman–Crippen LogP) is 5.92. The van der Waals surface area contributed by atoms with Gasteiger partial charge in [-0.2, -0.15) is 0 Å². The van der Waals surface area contributed by atoms with Crippen LogP contribution in [0.1, 0.15) is 26.3 Å². The van der Waals surface area contributed by atoms with Gasteiger partial charge in [0.2, 0.25) is 0 Å². The summed E-state index contributed by atoms with van der Waals surface area (Å²) in [6.07, 6.45) is -3.27. The van der Waals surface area contributed by atoms with Crippen molar-refractivity contribution in [3.8, 4) is 17.0 Å². The third-order valence-electron chi connectivity index (χ3n) is 4.82. The summed E-state index contributed by atoms with van der Waals surface area (Å²) >= 11 is 0. The van der Waals surface area contributed by atoms with E-state index in [0.717, 1.165) is 41.3 Å². The minimum absolute atomic E-state index is 0.129. The van der Waals surface area contributed by atoms with Gasteiger partial charge in [0.25, 0.3) is 0 Å². The molecule has 34 heavy (non-hydrogen) atoms. The first-order chi connectivity index (χ1) is 16.1. The van der Waals surface area contributed by atoms with E-state index < -0.39 is 6.36 Å². The van der Waals surface area contributed by atoms with Gasteiger partial charge in [0.05, 0.1) is 5.69 Å². The highest BCUT2D eigenvalue weighted by Crippen LogP contribution is 2.25. The molecule has 0 saturated heterocycles. The van der Waals surface area contributed by atoms with E-state index in [2.05, 4.69) is 25.3 Å². The number of carbonyl (C=O) groups is 1. The van der Waals surface area contributed by atoms with E-state index in [1.165, 1.54) is 18.5 Å². The van der Waals surface area contributed by atoms with E-state index in [0.29, 0.717) is 12.2 Å². The lowest BCUT2D eigenvalue weighted by atomic mass is 10.1. The maximum absolute atomic E-state index is 12.9. The first-order valence-electron chi connectivity index (χ1n) is 10.7. The Morgan fingerprint density at radius 3 is 2.47 bits per heavy atom. The van der Waals surface area contributed by atoms with Gasteiger partial charge < -0.3 is 20.3 Å². The maximum Gasteiger partial charge on any atom is 0.573 e. The zero-order valence-corrected chi connectivity index (χ0v) is 19.1. The van der Waals surface area contributed by atoms with Crippen LogP contribution in [0.15, 0.2) is 60.9 Å². The van der Waals surface area contributed by atoms with Gasteiger partial charge in [0.1, 0.15) is 17.9 Å². The highest BCUT2D eigenvalue weighted by Gasteiger charge is 2.31. The van der Waals surface area contributed by atoms with E-state index in [-0.39, 0.29) is 17.8 Å². The van der Waals surface area contributed by atoms with Crippen molar-refractivity contribution in [1.82, 2.24) is 14.9 Å². The van der Waals surface area contributed by atoms with Gasteiger partial charge in [-0.25, -0.2) is 14.8 Å². The zero-order valence-electron chi connectivity index (χ0n) is 19.1. The molecule has 180 valence electrons. The first kappa shape index (κ1) is 24.8. The molecule has 3 rings (SSSR count). The Bertz CT molecular complexity index is 1100. The van der Waals surface area contributed by atoms with Crippen molar-refractivity contribution in [2.75, 3.05) is 17.2 Å². The normalized spacial score (nSPS) is 11.3. The average molecular weight is 473 g/mol. The average Bonchev–Trinajstić information content (AvgIpc) is 2.78.